The lowest BCUT2D eigenvalue weighted by molar-refractivity contribution is 0.522. The van der Waals surface area contributed by atoms with Crippen molar-refractivity contribution >= 4 is 35.1 Å². The number of piperidine rings is 1. The Bertz CT molecular complexity index is 1270. The van der Waals surface area contributed by atoms with Gasteiger partial charge in [-0.15, -0.1) is 5.11 Å². The fourth-order valence-corrected chi connectivity index (χ4v) is 4.01. The molecule has 9 heteroatoms. The van der Waals surface area contributed by atoms with Crippen molar-refractivity contribution < 1.29 is 4.42 Å². The topological polar surface area (TPSA) is 91.8 Å². The number of para-hydroxylation sites is 1. The number of anilines is 3. The highest BCUT2D eigenvalue weighted by Gasteiger charge is 2.16. The van der Waals surface area contributed by atoms with E-state index in [1.54, 1.807) is 0 Å². The molecule has 2 aromatic heterocycles. The molecule has 8 nitrogen and oxygen atoms in total. The number of hydrogen-bond acceptors (Lipinski definition) is 8. The molecule has 34 heavy (non-hydrogen) atoms. The molecular formula is C25H24ClN7O. The first-order valence-corrected chi connectivity index (χ1v) is 11.7. The van der Waals surface area contributed by atoms with E-state index in [0.717, 1.165) is 37.2 Å². The Hall–Kier alpha value is -3.78. The van der Waals surface area contributed by atoms with E-state index in [-0.39, 0.29) is 12.5 Å². The van der Waals surface area contributed by atoms with Gasteiger partial charge in [0.15, 0.2) is 0 Å². The zero-order valence-corrected chi connectivity index (χ0v) is 19.3. The molecule has 0 aliphatic carbocycles. The van der Waals surface area contributed by atoms with Crippen molar-refractivity contribution in [2.24, 2.45) is 10.2 Å². The zero-order chi connectivity index (χ0) is 23.2. The van der Waals surface area contributed by atoms with Gasteiger partial charge in [0.1, 0.15) is 18.1 Å². The summed E-state index contributed by atoms with van der Waals surface area (Å²) in [5.74, 6) is 2.67. The molecule has 0 amide bonds. The van der Waals surface area contributed by atoms with Gasteiger partial charge in [-0.1, -0.05) is 41.9 Å². The Balaban J connectivity index is 1.35. The fourth-order valence-electron chi connectivity index (χ4n) is 3.78. The molecule has 0 unspecified atom stereocenters. The maximum atomic E-state index is 6.27. The third-order valence-electron chi connectivity index (χ3n) is 5.47. The average Bonchev–Trinajstić information content (AvgIpc) is 3.34. The Morgan fingerprint density at radius 1 is 0.882 bits per heavy atom. The van der Waals surface area contributed by atoms with Crippen LogP contribution in [0.15, 0.2) is 81.4 Å². The van der Waals surface area contributed by atoms with Crippen LogP contribution in [0.5, 0.6) is 0 Å². The van der Waals surface area contributed by atoms with Gasteiger partial charge in [0.25, 0.3) is 5.95 Å². The van der Waals surface area contributed by atoms with Crippen molar-refractivity contribution in [2.75, 3.05) is 23.3 Å². The van der Waals surface area contributed by atoms with Gasteiger partial charge in [0.2, 0.25) is 11.9 Å². The highest BCUT2D eigenvalue weighted by molar-refractivity contribution is 6.33. The van der Waals surface area contributed by atoms with Crippen LogP contribution in [0.4, 0.5) is 23.5 Å². The minimum atomic E-state index is 0.256. The summed E-state index contributed by atoms with van der Waals surface area (Å²) in [5, 5.41) is 12.4. The summed E-state index contributed by atoms with van der Waals surface area (Å²) in [6.07, 6.45) is 3.47. The van der Waals surface area contributed by atoms with Crippen molar-refractivity contribution in [3.05, 3.63) is 77.5 Å². The predicted molar refractivity (Wildman–Crippen MR) is 133 cm³/mol. The number of nitrogens with one attached hydrogen (secondary N) is 1. The van der Waals surface area contributed by atoms with Crippen LogP contribution in [0.3, 0.4) is 0 Å². The number of furan rings is 1. The lowest BCUT2D eigenvalue weighted by Crippen LogP contribution is -2.31. The summed E-state index contributed by atoms with van der Waals surface area (Å²) in [6.45, 7) is 2.10. The fraction of sp³-hybridized carbons (Fsp3) is 0.240. The Labute approximate surface area is 202 Å². The third kappa shape index (κ3) is 5.40. The molecule has 1 aliphatic heterocycles. The van der Waals surface area contributed by atoms with Crippen molar-refractivity contribution in [3.63, 3.8) is 0 Å². The summed E-state index contributed by atoms with van der Waals surface area (Å²) >= 11 is 6.27. The quantitative estimate of drug-likeness (QED) is 0.296. The van der Waals surface area contributed by atoms with Crippen LogP contribution in [0.1, 0.15) is 25.0 Å². The molecule has 0 spiro atoms. The molecule has 172 valence electrons. The van der Waals surface area contributed by atoms with Crippen molar-refractivity contribution in [1.29, 1.82) is 0 Å². The molecule has 0 atom stereocenters. The van der Waals surface area contributed by atoms with Crippen LogP contribution in [-0.2, 0) is 6.54 Å². The molecule has 1 fully saturated rings. The zero-order valence-electron chi connectivity index (χ0n) is 18.6. The molecular weight excluding hydrogens is 450 g/mol. The molecule has 5 rings (SSSR count). The highest BCUT2D eigenvalue weighted by Crippen LogP contribution is 2.29. The van der Waals surface area contributed by atoms with E-state index in [2.05, 4.69) is 35.4 Å². The molecule has 1 saturated heterocycles. The SMILES string of the molecule is Clc1ccccc1-c1ccc(CN=Nc2nc(Nc3ccccc3)nc(N3CCCCC3)n2)o1. The maximum absolute atomic E-state index is 6.27. The first-order chi connectivity index (χ1) is 16.7. The van der Waals surface area contributed by atoms with Gasteiger partial charge >= 0.3 is 0 Å². The monoisotopic (exact) mass is 473 g/mol. The number of benzene rings is 2. The minimum Gasteiger partial charge on any atom is -0.459 e. The number of aromatic nitrogens is 3. The first-order valence-electron chi connectivity index (χ1n) is 11.3. The Morgan fingerprint density at radius 2 is 1.68 bits per heavy atom. The van der Waals surface area contributed by atoms with E-state index in [1.807, 2.05) is 66.7 Å². The standard InChI is InChI=1S/C25H24ClN7O/c26-21-12-6-5-11-20(21)22-14-13-19(34-22)17-27-32-24-29-23(28-18-9-3-1-4-10-18)30-25(31-24)33-15-7-2-8-16-33/h1,3-6,9-14H,2,7-8,15-17H2,(H,28,29,30,31). The Kier molecular flexibility index (Phi) is 6.76. The summed E-state index contributed by atoms with van der Waals surface area (Å²) in [5.41, 5.74) is 1.73. The minimum absolute atomic E-state index is 0.256. The van der Waals surface area contributed by atoms with Crippen LogP contribution in [0.2, 0.25) is 5.02 Å². The van der Waals surface area contributed by atoms with Crippen molar-refractivity contribution in [1.82, 2.24) is 15.0 Å². The maximum Gasteiger partial charge on any atom is 0.275 e. The van der Waals surface area contributed by atoms with Gasteiger partial charge in [-0.25, -0.2) is 0 Å². The smallest absolute Gasteiger partial charge is 0.275 e. The second kappa shape index (κ2) is 10.4. The lowest BCUT2D eigenvalue weighted by Gasteiger charge is -2.26. The van der Waals surface area contributed by atoms with E-state index in [9.17, 15) is 0 Å². The second-order valence-corrected chi connectivity index (χ2v) is 8.35. The van der Waals surface area contributed by atoms with Gasteiger partial charge in [-0.05, 0) is 55.7 Å². The highest BCUT2D eigenvalue weighted by atomic mass is 35.5. The van der Waals surface area contributed by atoms with Crippen LogP contribution >= 0.6 is 11.6 Å². The molecule has 1 N–H and O–H groups in total. The van der Waals surface area contributed by atoms with Crippen LogP contribution < -0.4 is 10.2 Å². The summed E-state index contributed by atoms with van der Waals surface area (Å²) in [6, 6.07) is 21.1. The van der Waals surface area contributed by atoms with E-state index >= 15 is 0 Å². The number of halogens is 1. The van der Waals surface area contributed by atoms with Crippen LogP contribution in [0.25, 0.3) is 11.3 Å². The molecule has 4 aromatic rings. The molecule has 0 saturated carbocycles. The average molecular weight is 474 g/mol. The summed E-state index contributed by atoms with van der Waals surface area (Å²) in [4.78, 5) is 15.8. The largest absolute Gasteiger partial charge is 0.459 e. The molecule has 1 aliphatic rings. The Morgan fingerprint density at radius 3 is 2.50 bits per heavy atom. The summed E-state index contributed by atoms with van der Waals surface area (Å²) < 4.78 is 5.90. The lowest BCUT2D eigenvalue weighted by atomic mass is 10.1. The van der Waals surface area contributed by atoms with Crippen molar-refractivity contribution in [2.45, 2.75) is 25.8 Å². The van der Waals surface area contributed by atoms with Gasteiger partial charge in [0.05, 0.1) is 5.02 Å². The van der Waals surface area contributed by atoms with E-state index in [0.29, 0.717) is 28.4 Å². The molecule has 0 radical (unpaired) electrons. The predicted octanol–water partition coefficient (Wildman–Crippen LogP) is 6.80. The van der Waals surface area contributed by atoms with Crippen LogP contribution in [-0.4, -0.2) is 28.0 Å². The number of nitrogens with zero attached hydrogens (tertiary/aromatic N) is 6. The van der Waals surface area contributed by atoms with E-state index in [4.69, 9.17) is 16.0 Å². The van der Waals surface area contributed by atoms with Gasteiger partial charge < -0.3 is 14.6 Å². The number of rotatable bonds is 7. The van der Waals surface area contributed by atoms with Gasteiger partial charge in [-0.2, -0.15) is 20.1 Å². The van der Waals surface area contributed by atoms with Crippen LogP contribution in [0, 0.1) is 0 Å². The molecule has 0 bridgehead atoms. The first kappa shape index (κ1) is 22.0. The second-order valence-electron chi connectivity index (χ2n) is 7.94. The molecule has 3 heterocycles. The molecule has 2 aromatic carbocycles. The third-order valence-corrected chi connectivity index (χ3v) is 5.80. The van der Waals surface area contributed by atoms with E-state index in [1.165, 1.54) is 6.42 Å². The van der Waals surface area contributed by atoms with Crippen molar-refractivity contribution in [3.8, 4) is 11.3 Å². The number of hydrogen-bond donors (Lipinski definition) is 1. The summed E-state index contributed by atoms with van der Waals surface area (Å²) in [7, 11) is 0. The van der Waals surface area contributed by atoms with Gasteiger partial charge in [0, 0.05) is 24.3 Å². The number of azo groups is 1. The normalized spacial score (nSPS) is 14.0. The van der Waals surface area contributed by atoms with Gasteiger partial charge in [-0.3, -0.25) is 0 Å². The van der Waals surface area contributed by atoms with E-state index < -0.39 is 0 Å².